The SMILES string of the molecule is Cc1cccc(C(=O)OCC(=O)N2CCN(c3ncc(C(F)(F)F)cc3Cl)CC2)c1C. The number of anilines is 1. The molecule has 10 heteroatoms. The van der Waals surface area contributed by atoms with E-state index in [0.717, 1.165) is 23.4 Å². The summed E-state index contributed by atoms with van der Waals surface area (Å²) in [5, 5.41) is -0.0999. The number of nitrogens with zero attached hydrogens (tertiary/aromatic N) is 3. The van der Waals surface area contributed by atoms with Gasteiger partial charge in [0.25, 0.3) is 5.91 Å². The molecule has 0 N–H and O–H groups in total. The molecule has 0 aliphatic carbocycles. The largest absolute Gasteiger partial charge is 0.452 e. The van der Waals surface area contributed by atoms with Crippen molar-refractivity contribution < 1.29 is 27.5 Å². The first-order chi connectivity index (χ1) is 14.6. The molecule has 6 nitrogen and oxygen atoms in total. The number of ether oxygens (including phenoxy) is 1. The minimum Gasteiger partial charge on any atom is -0.452 e. The molecule has 1 aliphatic heterocycles. The van der Waals surface area contributed by atoms with Gasteiger partial charge in [-0.3, -0.25) is 4.79 Å². The van der Waals surface area contributed by atoms with E-state index < -0.39 is 17.7 Å². The Kier molecular flexibility index (Phi) is 6.74. The van der Waals surface area contributed by atoms with E-state index in [2.05, 4.69) is 4.98 Å². The van der Waals surface area contributed by atoms with E-state index in [1.54, 1.807) is 17.0 Å². The maximum absolute atomic E-state index is 12.8. The molecule has 1 fully saturated rings. The Morgan fingerprint density at radius 3 is 2.45 bits per heavy atom. The number of aryl methyl sites for hydroxylation is 1. The normalized spacial score (nSPS) is 14.5. The summed E-state index contributed by atoms with van der Waals surface area (Å²) in [6.45, 7) is 4.61. The number of carbonyl (C=O) groups is 2. The summed E-state index contributed by atoms with van der Waals surface area (Å²) >= 11 is 5.99. The monoisotopic (exact) mass is 455 g/mol. The van der Waals surface area contributed by atoms with Crippen LogP contribution in [0.3, 0.4) is 0 Å². The molecule has 0 spiro atoms. The van der Waals surface area contributed by atoms with Crippen LogP contribution in [-0.4, -0.2) is 54.5 Å². The van der Waals surface area contributed by atoms with Crippen molar-refractivity contribution in [2.75, 3.05) is 37.7 Å². The molecule has 0 atom stereocenters. The smallest absolute Gasteiger partial charge is 0.417 e. The number of aromatic nitrogens is 1. The molecule has 2 heterocycles. The molecular weight excluding hydrogens is 435 g/mol. The van der Waals surface area contributed by atoms with Crippen LogP contribution >= 0.6 is 11.6 Å². The van der Waals surface area contributed by atoms with Crippen LogP contribution in [0, 0.1) is 13.8 Å². The standard InChI is InChI=1S/C21H21ClF3N3O3/c1-13-4-3-5-16(14(13)2)20(30)31-12-18(29)27-6-8-28(9-7-27)19-17(22)10-15(11-26-19)21(23,24)25/h3-5,10-11H,6-9,12H2,1-2H3. The van der Waals surface area contributed by atoms with Gasteiger partial charge in [0.15, 0.2) is 6.61 Å². The van der Waals surface area contributed by atoms with Crippen LogP contribution in [-0.2, 0) is 15.7 Å². The third-order valence-electron chi connectivity index (χ3n) is 5.23. The number of alkyl halides is 3. The number of hydrogen-bond donors (Lipinski definition) is 0. The predicted octanol–water partition coefficient (Wildman–Crippen LogP) is 3.88. The molecule has 0 bridgehead atoms. The number of halogens is 4. The fourth-order valence-electron chi connectivity index (χ4n) is 3.25. The first-order valence-corrected chi connectivity index (χ1v) is 9.94. The number of carbonyl (C=O) groups excluding carboxylic acids is 2. The average Bonchev–Trinajstić information content (AvgIpc) is 2.73. The van der Waals surface area contributed by atoms with Crippen LogP contribution in [0.4, 0.5) is 19.0 Å². The Labute approximate surface area is 182 Å². The van der Waals surface area contributed by atoms with Gasteiger partial charge in [0.05, 0.1) is 16.1 Å². The second-order valence-electron chi connectivity index (χ2n) is 7.22. The third-order valence-corrected chi connectivity index (χ3v) is 5.51. The van der Waals surface area contributed by atoms with Crippen molar-refractivity contribution in [1.29, 1.82) is 0 Å². The summed E-state index contributed by atoms with van der Waals surface area (Å²) in [5.41, 5.74) is 1.25. The van der Waals surface area contributed by atoms with Crippen LogP contribution in [0.15, 0.2) is 30.5 Å². The predicted molar refractivity (Wildman–Crippen MR) is 109 cm³/mol. The van der Waals surface area contributed by atoms with Crippen molar-refractivity contribution in [1.82, 2.24) is 9.88 Å². The Morgan fingerprint density at radius 2 is 1.84 bits per heavy atom. The molecule has 2 aromatic rings. The van der Waals surface area contributed by atoms with Crippen molar-refractivity contribution in [3.63, 3.8) is 0 Å². The molecule has 1 aromatic heterocycles. The first-order valence-electron chi connectivity index (χ1n) is 9.56. The number of benzene rings is 1. The lowest BCUT2D eigenvalue weighted by molar-refractivity contribution is -0.138. The molecule has 0 saturated carbocycles. The zero-order chi connectivity index (χ0) is 22.8. The quantitative estimate of drug-likeness (QED) is 0.655. The summed E-state index contributed by atoms with van der Waals surface area (Å²) in [7, 11) is 0. The fraction of sp³-hybridized carbons (Fsp3) is 0.381. The average molecular weight is 456 g/mol. The topological polar surface area (TPSA) is 62.7 Å². The van der Waals surface area contributed by atoms with Crippen LogP contribution < -0.4 is 4.90 Å². The number of piperazine rings is 1. The van der Waals surface area contributed by atoms with Gasteiger partial charge in [0.1, 0.15) is 5.82 Å². The highest BCUT2D eigenvalue weighted by Gasteiger charge is 2.32. The summed E-state index contributed by atoms with van der Waals surface area (Å²) < 4.78 is 43.5. The van der Waals surface area contributed by atoms with Crippen LogP contribution in [0.25, 0.3) is 0 Å². The van der Waals surface area contributed by atoms with Gasteiger partial charge < -0.3 is 14.5 Å². The van der Waals surface area contributed by atoms with E-state index in [-0.39, 0.29) is 23.4 Å². The van der Waals surface area contributed by atoms with Crippen LogP contribution in [0.2, 0.25) is 5.02 Å². The molecule has 3 rings (SSSR count). The van der Waals surface area contributed by atoms with Gasteiger partial charge in [0, 0.05) is 32.4 Å². The van der Waals surface area contributed by atoms with Gasteiger partial charge >= 0.3 is 12.1 Å². The van der Waals surface area contributed by atoms with E-state index in [9.17, 15) is 22.8 Å². The van der Waals surface area contributed by atoms with Gasteiger partial charge in [-0.25, -0.2) is 9.78 Å². The fourth-order valence-corrected chi connectivity index (χ4v) is 3.54. The van der Waals surface area contributed by atoms with Crippen molar-refractivity contribution in [3.05, 3.63) is 57.7 Å². The molecule has 0 radical (unpaired) electrons. The minimum atomic E-state index is -4.52. The highest BCUT2D eigenvalue weighted by Crippen LogP contribution is 2.33. The third kappa shape index (κ3) is 5.28. The number of rotatable bonds is 4. The van der Waals surface area contributed by atoms with Crippen LogP contribution in [0.5, 0.6) is 0 Å². The van der Waals surface area contributed by atoms with Gasteiger partial charge in [-0.15, -0.1) is 0 Å². The Balaban J connectivity index is 1.54. The molecule has 0 unspecified atom stereocenters. The highest BCUT2D eigenvalue weighted by atomic mass is 35.5. The minimum absolute atomic E-state index is 0.0999. The van der Waals surface area contributed by atoms with Crippen molar-refractivity contribution in [3.8, 4) is 0 Å². The second-order valence-corrected chi connectivity index (χ2v) is 7.63. The van der Waals surface area contributed by atoms with E-state index in [4.69, 9.17) is 16.3 Å². The Bertz CT molecular complexity index is 990. The van der Waals surface area contributed by atoms with E-state index in [1.807, 2.05) is 19.9 Å². The Morgan fingerprint density at radius 1 is 1.16 bits per heavy atom. The molecule has 31 heavy (non-hydrogen) atoms. The molecule has 1 amide bonds. The summed E-state index contributed by atoms with van der Waals surface area (Å²) in [6.07, 6.45) is -3.78. The summed E-state index contributed by atoms with van der Waals surface area (Å²) in [6, 6.07) is 6.12. The zero-order valence-corrected chi connectivity index (χ0v) is 17.8. The number of amides is 1. The molecular formula is C21H21ClF3N3O3. The maximum Gasteiger partial charge on any atom is 0.417 e. The molecule has 1 saturated heterocycles. The van der Waals surface area contributed by atoms with Gasteiger partial charge in [-0.1, -0.05) is 23.7 Å². The van der Waals surface area contributed by atoms with Gasteiger partial charge in [-0.2, -0.15) is 13.2 Å². The van der Waals surface area contributed by atoms with E-state index in [1.165, 1.54) is 4.90 Å². The Hall–Kier alpha value is -2.81. The van der Waals surface area contributed by atoms with Crippen molar-refractivity contribution >= 4 is 29.3 Å². The highest BCUT2D eigenvalue weighted by molar-refractivity contribution is 6.33. The van der Waals surface area contributed by atoms with Gasteiger partial charge in [0.2, 0.25) is 0 Å². The maximum atomic E-state index is 12.8. The van der Waals surface area contributed by atoms with Gasteiger partial charge in [-0.05, 0) is 37.1 Å². The van der Waals surface area contributed by atoms with E-state index >= 15 is 0 Å². The van der Waals surface area contributed by atoms with Crippen molar-refractivity contribution in [2.24, 2.45) is 0 Å². The number of hydrogen-bond acceptors (Lipinski definition) is 5. The lowest BCUT2D eigenvalue weighted by atomic mass is 10.0. The molecule has 1 aromatic carbocycles. The zero-order valence-electron chi connectivity index (χ0n) is 17.0. The molecule has 166 valence electrons. The second kappa shape index (κ2) is 9.13. The lowest BCUT2D eigenvalue weighted by Crippen LogP contribution is -2.50. The lowest BCUT2D eigenvalue weighted by Gasteiger charge is -2.35. The number of pyridine rings is 1. The van der Waals surface area contributed by atoms with Crippen molar-refractivity contribution in [2.45, 2.75) is 20.0 Å². The summed E-state index contributed by atoms with van der Waals surface area (Å²) in [5.74, 6) is -0.665. The van der Waals surface area contributed by atoms with E-state index in [0.29, 0.717) is 31.7 Å². The first kappa shape index (κ1) is 22.9. The summed E-state index contributed by atoms with van der Waals surface area (Å²) in [4.78, 5) is 31.8. The molecule has 1 aliphatic rings. The van der Waals surface area contributed by atoms with Crippen LogP contribution in [0.1, 0.15) is 27.0 Å². The number of esters is 1.